The zero-order valence-electron chi connectivity index (χ0n) is 13.0. The Labute approximate surface area is 128 Å². The Balaban J connectivity index is 0.000000956. The van der Waals surface area contributed by atoms with Crippen LogP contribution in [-0.4, -0.2) is 11.9 Å². The lowest BCUT2D eigenvalue weighted by Crippen LogP contribution is -2.19. The molecule has 0 amide bonds. The molecular formula is C17H28N2S. The quantitative estimate of drug-likeness (QED) is 0.830. The number of rotatable bonds is 6. The van der Waals surface area contributed by atoms with Crippen molar-refractivity contribution in [2.24, 2.45) is 5.73 Å². The molecule has 0 fully saturated rings. The number of nitrogens with two attached hydrogens (primary N) is 1. The third-order valence-electron chi connectivity index (χ3n) is 3.20. The summed E-state index contributed by atoms with van der Waals surface area (Å²) in [5.41, 5.74) is 9.74. The maximum Gasteiger partial charge on any atom is 0.0758 e. The molecule has 0 radical (unpaired) electrons. The van der Waals surface area contributed by atoms with Gasteiger partial charge in [0.25, 0.3) is 0 Å². The van der Waals surface area contributed by atoms with Crippen molar-refractivity contribution in [2.45, 2.75) is 51.8 Å². The zero-order chi connectivity index (χ0) is 14.8. The molecule has 1 unspecified atom stereocenters. The highest BCUT2D eigenvalue weighted by Crippen LogP contribution is 2.25. The van der Waals surface area contributed by atoms with Crippen molar-refractivity contribution in [1.82, 2.24) is 5.32 Å². The van der Waals surface area contributed by atoms with Gasteiger partial charge in [-0.25, -0.2) is 0 Å². The molecular weight excluding hydrogens is 264 g/mol. The lowest BCUT2D eigenvalue weighted by atomic mass is 10.0. The van der Waals surface area contributed by atoms with Crippen LogP contribution in [0.3, 0.4) is 0 Å². The zero-order valence-corrected chi connectivity index (χ0v) is 13.8. The van der Waals surface area contributed by atoms with Crippen LogP contribution in [0.5, 0.6) is 0 Å². The first-order chi connectivity index (χ1) is 9.81. The van der Waals surface area contributed by atoms with E-state index in [2.05, 4.69) is 41.9 Å². The summed E-state index contributed by atoms with van der Waals surface area (Å²) in [5.74, 6) is 0. The number of thioether (sulfide) groups is 1. The molecule has 0 saturated heterocycles. The molecule has 1 heterocycles. The molecule has 3 N–H and O–H groups in total. The standard InChI is InChI=1S/C15H22N2S.C2H6/c1-2-15-17-14(11-18-15)7-6-12-4-3-5-13(10-12)8-9-16;1-2/h3-5,10-11,15,17H,2,6-9,16H2,1H3;1-2H3. The SMILES string of the molecule is CC.CCC1NC(CCc2cccc(CCN)c2)=CS1. The van der Waals surface area contributed by atoms with Crippen LogP contribution in [-0.2, 0) is 12.8 Å². The van der Waals surface area contributed by atoms with Gasteiger partial charge in [-0.05, 0) is 48.8 Å². The molecule has 0 saturated carbocycles. The molecule has 1 atom stereocenters. The van der Waals surface area contributed by atoms with Gasteiger partial charge < -0.3 is 11.1 Å². The maximum atomic E-state index is 5.59. The Kier molecular flexibility index (Phi) is 8.47. The van der Waals surface area contributed by atoms with Gasteiger partial charge in [0.05, 0.1) is 5.37 Å². The average Bonchev–Trinajstić information content (AvgIpc) is 2.96. The predicted molar refractivity (Wildman–Crippen MR) is 91.8 cm³/mol. The van der Waals surface area contributed by atoms with E-state index in [0.29, 0.717) is 5.37 Å². The molecule has 0 spiro atoms. The molecule has 2 nitrogen and oxygen atoms in total. The van der Waals surface area contributed by atoms with Gasteiger partial charge in [-0.2, -0.15) is 0 Å². The van der Waals surface area contributed by atoms with Gasteiger partial charge in [-0.3, -0.25) is 0 Å². The van der Waals surface area contributed by atoms with Gasteiger partial charge >= 0.3 is 0 Å². The van der Waals surface area contributed by atoms with Gasteiger partial charge in [0.1, 0.15) is 0 Å². The van der Waals surface area contributed by atoms with Crippen molar-refractivity contribution < 1.29 is 0 Å². The summed E-state index contributed by atoms with van der Waals surface area (Å²) in [7, 11) is 0. The van der Waals surface area contributed by atoms with Gasteiger partial charge in [-0.1, -0.05) is 45.0 Å². The smallest absolute Gasteiger partial charge is 0.0758 e. The summed E-state index contributed by atoms with van der Waals surface area (Å²) in [6.45, 7) is 6.95. The van der Waals surface area contributed by atoms with Crippen LogP contribution in [0, 0.1) is 0 Å². The van der Waals surface area contributed by atoms with Gasteiger partial charge in [0.2, 0.25) is 0 Å². The lowest BCUT2D eigenvalue weighted by molar-refractivity contribution is 0.698. The van der Waals surface area contributed by atoms with E-state index in [1.54, 1.807) is 0 Å². The van der Waals surface area contributed by atoms with E-state index in [1.165, 1.54) is 23.2 Å². The third kappa shape index (κ3) is 5.59. The van der Waals surface area contributed by atoms with Gasteiger partial charge in [0.15, 0.2) is 0 Å². The van der Waals surface area contributed by atoms with E-state index in [9.17, 15) is 0 Å². The summed E-state index contributed by atoms with van der Waals surface area (Å²) < 4.78 is 0. The van der Waals surface area contributed by atoms with Crippen LogP contribution in [0.25, 0.3) is 0 Å². The van der Waals surface area contributed by atoms with E-state index in [0.717, 1.165) is 25.8 Å². The molecule has 1 aliphatic rings. The average molecular weight is 292 g/mol. The molecule has 1 aromatic carbocycles. The molecule has 112 valence electrons. The van der Waals surface area contributed by atoms with Crippen molar-refractivity contribution in [3.63, 3.8) is 0 Å². The highest BCUT2D eigenvalue weighted by Gasteiger charge is 2.13. The van der Waals surface area contributed by atoms with E-state index < -0.39 is 0 Å². The predicted octanol–water partition coefficient (Wildman–Crippen LogP) is 4.06. The third-order valence-corrected chi connectivity index (χ3v) is 4.40. The number of hydrogen-bond donors (Lipinski definition) is 2. The van der Waals surface area contributed by atoms with E-state index >= 15 is 0 Å². The van der Waals surface area contributed by atoms with Crippen LogP contribution >= 0.6 is 11.8 Å². The van der Waals surface area contributed by atoms with Crippen LogP contribution < -0.4 is 11.1 Å². The topological polar surface area (TPSA) is 38.0 Å². The van der Waals surface area contributed by atoms with Crippen molar-refractivity contribution in [3.05, 3.63) is 46.5 Å². The molecule has 1 aliphatic heterocycles. The van der Waals surface area contributed by atoms with E-state index in [4.69, 9.17) is 5.73 Å². The van der Waals surface area contributed by atoms with Crippen molar-refractivity contribution in [3.8, 4) is 0 Å². The summed E-state index contributed by atoms with van der Waals surface area (Å²) in [6.07, 6.45) is 4.36. The summed E-state index contributed by atoms with van der Waals surface area (Å²) in [4.78, 5) is 0. The number of nitrogens with one attached hydrogen (secondary N) is 1. The minimum Gasteiger partial charge on any atom is -0.376 e. The number of benzene rings is 1. The van der Waals surface area contributed by atoms with Crippen LogP contribution in [0.15, 0.2) is 35.4 Å². The number of allylic oxidation sites excluding steroid dienone is 1. The van der Waals surface area contributed by atoms with Crippen molar-refractivity contribution >= 4 is 11.8 Å². The fraction of sp³-hybridized carbons (Fsp3) is 0.529. The van der Waals surface area contributed by atoms with Gasteiger partial charge in [-0.15, -0.1) is 11.8 Å². The first kappa shape index (κ1) is 17.1. The molecule has 0 bridgehead atoms. The normalized spacial score (nSPS) is 17.0. The Morgan fingerprint density at radius 3 is 2.45 bits per heavy atom. The summed E-state index contributed by atoms with van der Waals surface area (Å²) in [5, 5.41) is 6.42. The number of aryl methyl sites for hydroxylation is 1. The highest BCUT2D eigenvalue weighted by atomic mass is 32.2. The molecule has 0 aliphatic carbocycles. The minimum atomic E-state index is 0.587. The van der Waals surface area contributed by atoms with Crippen molar-refractivity contribution in [1.29, 1.82) is 0 Å². The Morgan fingerprint density at radius 1 is 1.15 bits per heavy atom. The molecule has 3 heteroatoms. The first-order valence-electron chi connectivity index (χ1n) is 7.70. The second kappa shape index (κ2) is 9.89. The molecule has 1 aromatic rings. The van der Waals surface area contributed by atoms with Gasteiger partial charge in [0, 0.05) is 5.70 Å². The highest BCUT2D eigenvalue weighted by molar-refractivity contribution is 8.02. The summed E-state index contributed by atoms with van der Waals surface area (Å²) >= 11 is 1.91. The van der Waals surface area contributed by atoms with Crippen LogP contribution in [0.4, 0.5) is 0 Å². The second-order valence-electron chi connectivity index (χ2n) is 4.68. The largest absolute Gasteiger partial charge is 0.376 e. The minimum absolute atomic E-state index is 0.587. The summed E-state index contributed by atoms with van der Waals surface area (Å²) in [6, 6.07) is 8.79. The number of hydrogen-bond acceptors (Lipinski definition) is 3. The molecule has 2 rings (SSSR count). The Bertz CT molecular complexity index is 415. The van der Waals surface area contributed by atoms with E-state index in [-0.39, 0.29) is 0 Å². The van der Waals surface area contributed by atoms with Crippen LogP contribution in [0.1, 0.15) is 44.7 Å². The maximum absolute atomic E-state index is 5.59. The van der Waals surface area contributed by atoms with Crippen LogP contribution in [0.2, 0.25) is 0 Å². The van der Waals surface area contributed by atoms with E-state index in [1.807, 2.05) is 25.6 Å². The molecule has 20 heavy (non-hydrogen) atoms. The molecule has 0 aromatic heterocycles. The fourth-order valence-corrected chi connectivity index (χ4v) is 3.08. The lowest BCUT2D eigenvalue weighted by Gasteiger charge is -2.10. The van der Waals surface area contributed by atoms with Crippen molar-refractivity contribution in [2.75, 3.05) is 6.54 Å². The Hall–Kier alpha value is -0.930. The monoisotopic (exact) mass is 292 g/mol. The first-order valence-corrected chi connectivity index (χ1v) is 8.65. The Morgan fingerprint density at radius 2 is 1.85 bits per heavy atom. The second-order valence-corrected chi connectivity index (χ2v) is 5.76. The fourth-order valence-electron chi connectivity index (χ4n) is 2.15.